The van der Waals surface area contributed by atoms with E-state index in [-0.39, 0.29) is 13.0 Å². The molecule has 2 N–H and O–H groups in total. The minimum atomic E-state index is -3.52. The Morgan fingerprint density at radius 1 is 1.69 bits per heavy atom. The lowest BCUT2D eigenvalue weighted by Gasteiger charge is -2.09. The molecule has 1 rings (SSSR count). The number of nitriles is 1. The maximum Gasteiger partial charge on any atom is 0.227 e. The predicted octanol–water partition coefficient (Wildman–Crippen LogP) is 0.174. The second-order valence-corrected chi connectivity index (χ2v) is 5.24. The van der Waals surface area contributed by atoms with E-state index >= 15 is 0 Å². The molecule has 0 fully saturated rings. The van der Waals surface area contributed by atoms with Crippen LogP contribution in [0.5, 0.6) is 0 Å². The molecule has 0 amide bonds. The zero-order valence-corrected chi connectivity index (χ0v) is 9.79. The Morgan fingerprint density at radius 3 is 2.94 bits per heavy atom. The first-order valence-corrected chi connectivity index (χ1v) is 6.50. The molecule has 0 aliphatic rings. The zero-order chi connectivity index (χ0) is 12.0. The molecule has 1 atom stereocenters. The fourth-order valence-electron chi connectivity index (χ4n) is 1.23. The van der Waals surface area contributed by atoms with Crippen molar-refractivity contribution in [3.63, 3.8) is 0 Å². The molecule has 0 aliphatic carbocycles. The van der Waals surface area contributed by atoms with Crippen LogP contribution >= 0.6 is 0 Å². The molecule has 88 valence electrons. The van der Waals surface area contributed by atoms with Crippen molar-refractivity contribution in [2.24, 2.45) is 0 Å². The summed E-state index contributed by atoms with van der Waals surface area (Å²) in [4.78, 5) is 6.69. The summed E-state index contributed by atoms with van der Waals surface area (Å²) in [6.07, 6.45) is 3.99. The van der Waals surface area contributed by atoms with Gasteiger partial charge in [0.25, 0.3) is 0 Å². The minimum Gasteiger partial charge on any atom is -0.348 e. The molecule has 1 aromatic rings. The second kappa shape index (κ2) is 5.63. The molecule has 7 heteroatoms. The Labute approximate surface area is 94.8 Å². The molecule has 1 unspecified atom stereocenters. The first-order valence-electron chi connectivity index (χ1n) is 4.95. The van der Waals surface area contributed by atoms with Crippen LogP contribution < -0.4 is 4.72 Å². The summed E-state index contributed by atoms with van der Waals surface area (Å²) in [7, 11) is -3.52. The van der Waals surface area contributed by atoms with Crippen LogP contribution in [0.25, 0.3) is 0 Å². The topological polar surface area (TPSA) is 98.6 Å². The summed E-state index contributed by atoms with van der Waals surface area (Å²) in [5.41, 5.74) is 0.854. The summed E-state index contributed by atoms with van der Waals surface area (Å²) < 4.78 is 25.5. The normalized spacial score (nSPS) is 13.2. The molecular weight excluding hydrogens is 228 g/mol. The third-order valence-corrected chi connectivity index (χ3v) is 3.94. The van der Waals surface area contributed by atoms with E-state index in [0.29, 0.717) is 6.42 Å². The summed E-state index contributed by atoms with van der Waals surface area (Å²) in [6.45, 7) is 1.94. The van der Waals surface area contributed by atoms with Gasteiger partial charge in [-0.05, 0) is 6.42 Å². The SMILES string of the molecule is CCC(C#N)S(=O)(=O)NCCc1cnc[nH]1. The van der Waals surface area contributed by atoms with Crippen molar-refractivity contribution >= 4 is 10.0 Å². The number of hydrogen-bond acceptors (Lipinski definition) is 4. The van der Waals surface area contributed by atoms with Crippen LogP contribution in [0.4, 0.5) is 0 Å². The number of imidazole rings is 1. The van der Waals surface area contributed by atoms with Gasteiger partial charge in [0, 0.05) is 24.9 Å². The number of aromatic nitrogens is 2. The van der Waals surface area contributed by atoms with Gasteiger partial charge in [-0.1, -0.05) is 6.92 Å². The highest BCUT2D eigenvalue weighted by Gasteiger charge is 2.22. The lowest BCUT2D eigenvalue weighted by Crippen LogP contribution is -2.34. The fourth-order valence-corrected chi connectivity index (χ4v) is 2.40. The van der Waals surface area contributed by atoms with E-state index in [9.17, 15) is 8.42 Å². The van der Waals surface area contributed by atoms with E-state index in [2.05, 4.69) is 14.7 Å². The molecular formula is C9H14N4O2S. The largest absolute Gasteiger partial charge is 0.348 e. The van der Waals surface area contributed by atoms with Crippen molar-refractivity contribution in [1.82, 2.24) is 14.7 Å². The van der Waals surface area contributed by atoms with E-state index in [1.54, 1.807) is 19.2 Å². The van der Waals surface area contributed by atoms with Gasteiger partial charge in [0.1, 0.15) is 0 Å². The van der Waals surface area contributed by atoms with Gasteiger partial charge in [0.2, 0.25) is 10.0 Å². The number of aromatic amines is 1. The van der Waals surface area contributed by atoms with Crippen LogP contribution in [0.1, 0.15) is 19.0 Å². The van der Waals surface area contributed by atoms with Crippen LogP contribution in [-0.4, -0.2) is 30.2 Å². The summed E-state index contributed by atoms with van der Waals surface area (Å²) in [6, 6.07) is 1.77. The van der Waals surface area contributed by atoms with Gasteiger partial charge in [0.15, 0.2) is 5.25 Å². The van der Waals surface area contributed by atoms with Gasteiger partial charge >= 0.3 is 0 Å². The molecule has 0 saturated heterocycles. The molecule has 0 spiro atoms. The molecule has 1 aromatic heterocycles. The molecule has 0 bridgehead atoms. The quantitative estimate of drug-likeness (QED) is 0.743. The molecule has 0 aliphatic heterocycles. The molecule has 0 aromatic carbocycles. The summed E-state index contributed by atoms with van der Waals surface area (Å²) >= 11 is 0. The lowest BCUT2D eigenvalue weighted by molar-refractivity contribution is 0.572. The molecule has 1 heterocycles. The number of hydrogen-bond donors (Lipinski definition) is 2. The molecule has 6 nitrogen and oxygen atoms in total. The maximum atomic E-state index is 11.6. The molecule has 16 heavy (non-hydrogen) atoms. The van der Waals surface area contributed by atoms with Crippen LogP contribution in [0.2, 0.25) is 0 Å². The van der Waals surface area contributed by atoms with E-state index in [0.717, 1.165) is 5.69 Å². The van der Waals surface area contributed by atoms with Gasteiger partial charge in [-0.3, -0.25) is 0 Å². The van der Waals surface area contributed by atoms with Crippen LogP contribution in [0.15, 0.2) is 12.5 Å². The average molecular weight is 242 g/mol. The van der Waals surface area contributed by atoms with E-state index in [1.807, 2.05) is 0 Å². The zero-order valence-electron chi connectivity index (χ0n) is 8.97. The Bertz CT molecular complexity index is 446. The number of H-pyrrole nitrogens is 1. The third kappa shape index (κ3) is 3.32. The van der Waals surface area contributed by atoms with Gasteiger partial charge in [0.05, 0.1) is 12.4 Å². The standard InChI is InChI=1S/C9H14N4O2S/c1-2-9(5-10)16(14,15)13-4-3-8-6-11-7-12-8/h6-7,9,13H,2-4H2,1H3,(H,11,12). The van der Waals surface area contributed by atoms with Crippen molar-refractivity contribution in [2.75, 3.05) is 6.54 Å². The minimum absolute atomic E-state index is 0.267. The van der Waals surface area contributed by atoms with Crippen LogP contribution in [0.3, 0.4) is 0 Å². The van der Waals surface area contributed by atoms with E-state index in [1.165, 1.54) is 6.33 Å². The Morgan fingerprint density at radius 2 is 2.44 bits per heavy atom. The van der Waals surface area contributed by atoms with Gasteiger partial charge in [-0.25, -0.2) is 18.1 Å². The van der Waals surface area contributed by atoms with Crippen molar-refractivity contribution in [1.29, 1.82) is 5.26 Å². The fraction of sp³-hybridized carbons (Fsp3) is 0.556. The number of nitrogens with zero attached hydrogens (tertiary/aromatic N) is 2. The van der Waals surface area contributed by atoms with Crippen molar-refractivity contribution in [3.8, 4) is 6.07 Å². The average Bonchev–Trinajstić information content (AvgIpc) is 2.71. The van der Waals surface area contributed by atoms with Crippen molar-refractivity contribution in [2.45, 2.75) is 25.0 Å². The van der Waals surface area contributed by atoms with Crippen LogP contribution in [0, 0.1) is 11.3 Å². The third-order valence-electron chi connectivity index (χ3n) is 2.14. The Kier molecular flexibility index (Phi) is 4.46. The highest BCUT2D eigenvalue weighted by Crippen LogP contribution is 2.02. The maximum absolute atomic E-state index is 11.6. The Hall–Kier alpha value is -1.39. The second-order valence-electron chi connectivity index (χ2n) is 3.29. The number of rotatable bonds is 6. The van der Waals surface area contributed by atoms with E-state index in [4.69, 9.17) is 5.26 Å². The van der Waals surface area contributed by atoms with Gasteiger partial charge < -0.3 is 4.98 Å². The van der Waals surface area contributed by atoms with Crippen LogP contribution in [-0.2, 0) is 16.4 Å². The number of nitrogens with one attached hydrogen (secondary N) is 2. The Balaban J connectivity index is 2.46. The first kappa shape index (κ1) is 12.7. The molecule has 0 saturated carbocycles. The summed E-state index contributed by atoms with van der Waals surface area (Å²) in [5.74, 6) is 0. The highest BCUT2D eigenvalue weighted by molar-refractivity contribution is 7.90. The van der Waals surface area contributed by atoms with Crippen molar-refractivity contribution in [3.05, 3.63) is 18.2 Å². The molecule has 0 radical (unpaired) electrons. The van der Waals surface area contributed by atoms with Gasteiger partial charge in [-0.2, -0.15) is 5.26 Å². The highest BCUT2D eigenvalue weighted by atomic mass is 32.2. The smallest absolute Gasteiger partial charge is 0.227 e. The first-order chi connectivity index (χ1) is 7.60. The summed E-state index contributed by atoms with van der Waals surface area (Å²) in [5, 5.41) is 7.68. The predicted molar refractivity (Wildman–Crippen MR) is 58.9 cm³/mol. The lowest BCUT2D eigenvalue weighted by atomic mass is 10.3. The van der Waals surface area contributed by atoms with Crippen molar-refractivity contribution < 1.29 is 8.42 Å². The monoisotopic (exact) mass is 242 g/mol. The van der Waals surface area contributed by atoms with Gasteiger partial charge in [-0.15, -0.1) is 0 Å². The number of sulfonamides is 1. The van der Waals surface area contributed by atoms with E-state index < -0.39 is 15.3 Å².